The van der Waals surface area contributed by atoms with Gasteiger partial charge in [0.1, 0.15) is 16.5 Å². The van der Waals surface area contributed by atoms with Crippen molar-refractivity contribution in [1.82, 2.24) is 9.66 Å². The predicted molar refractivity (Wildman–Crippen MR) is 122 cm³/mol. The molecule has 3 aromatic rings. The van der Waals surface area contributed by atoms with Crippen molar-refractivity contribution < 1.29 is 9.13 Å². The van der Waals surface area contributed by atoms with Gasteiger partial charge in [-0.05, 0) is 49.9 Å². The molecule has 5 nitrogen and oxygen atoms in total. The highest BCUT2D eigenvalue weighted by Crippen LogP contribution is 2.38. The van der Waals surface area contributed by atoms with Crippen LogP contribution in [0.15, 0.2) is 34.2 Å². The summed E-state index contributed by atoms with van der Waals surface area (Å²) in [5.41, 5.74) is 1.37. The zero-order valence-electron chi connectivity index (χ0n) is 17.9. The predicted octanol–water partition coefficient (Wildman–Crippen LogP) is 5.38. The van der Waals surface area contributed by atoms with Gasteiger partial charge < -0.3 is 4.74 Å². The highest BCUT2D eigenvalue weighted by Gasteiger charge is 2.32. The van der Waals surface area contributed by atoms with Crippen molar-refractivity contribution in [2.75, 3.05) is 0 Å². The molecule has 3 heterocycles. The number of fused-ring (bicyclic) bond motifs is 3. The Kier molecular flexibility index (Phi) is 5.26. The van der Waals surface area contributed by atoms with Crippen LogP contribution in [-0.2, 0) is 17.8 Å². The van der Waals surface area contributed by atoms with E-state index in [-0.39, 0.29) is 22.9 Å². The minimum Gasteiger partial charge on any atom is -0.370 e. The van der Waals surface area contributed by atoms with Crippen LogP contribution in [0.5, 0.6) is 0 Å². The standard InChI is InChI=1S/C24H26FN3O2S/c1-24(2)12-18-19(14-30-24)31-22-20(18)23(29)28(21(27-22)16-6-4-3-5-7-16)26-13-15-8-10-17(25)11-9-15/h8-11,13,16H,3-7,12,14H2,1-2H3. The summed E-state index contributed by atoms with van der Waals surface area (Å²) in [6.45, 7) is 4.61. The smallest absolute Gasteiger partial charge is 0.283 e. The van der Waals surface area contributed by atoms with E-state index >= 15 is 0 Å². The Labute approximate surface area is 184 Å². The lowest BCUT2D eigenvalue weighted by Crippen LogP contribution is -2.32. The summed E-state index contributed by atoms with van der Waals surface area (Å²) in [6, 6.07) is 6.10. The maximum absolute atomic E-state index is 13.7. The number of benzene rings is 1. The van der Waals surface area contributed by atoms with E-state index in [1.807, 2.05) is 0 Å². The Morgan fingerprint density at radius 2 is 1.97 bits per heavy atom. The highest BCUT2D eigenvalue weighted by molar-refractivity contribution is 7.18. The van der Waals surface area contributed by atoms with Crippen LogP contribution < -0.4 is 5.56 Å². The van der Waals surface area contributed by atoms with Gasteiger partial charge in [-0.3, -0.25) is 4.79 Å². The molecule has 0 radical (unpaired) electrons. The molecule has 0 atom stereocenters. The van der Waals surface area contributed by atoms with Crippen molar-refractivity contribution in [2.45, 2.75) is 70.5 Å². The summed E-state index contributed by atoms with van der Waals surface area (Å²) in [4.78, 5) is 20.6. The summed E-state index contributed by atoms with van der Waals surface area (Å²) in [5, 5.41) is 5.24. The quantitative estimate of drug-likeness (QED) is 0.515. The van der Waals surface area contributed by atoms with Gasteiger partial charge in [0.2, 0.25) is 0 Å². The second-order valence-corrected chi connectivity index (χ2v) is 10.2. The van der Waals surface area contributed by atoms with Crippen LogP contribution >= 0.6 is 11.3 Å². The van der Waals surface area contributed by atoms with E-state index in [4.69, 9.17) is 9.72 Å². The molecule has 0 N–H and O–H groups in total. The van der Waals surface area contributed by atoms with E-state index < -0.39 is 0 Å². The maximum atomic E-state index is 13.7. The third-order valence-electron chi connectivity index (χ3n) is 6.27. The number of halogens is 1. The summed E-state index contributed by atoms with van der Waals surface area (Å²) in [6.07, 6.45) is 7.85. The van der Waals surface area contributed by atoms with Crippen LogP contribution in [0.1, 0.15) is 73.7 Å². The second-order valence-electron chi connectivity index (χ2n) is 9.13. The van der Waals surface area contributed by atoms with Gasteiger partial charge in [-0.25, -0.2) is 9.37 Å². The zero-order chi connectivity index (χ0) is 21.6. The molecular formula is C24H26FN3O2S. The summed E-state index contributed by atoms with van der Waals surface area (Å²) < 4.78 is 20.7. The number of hydrogen-bond donors (Lipinski definition) is 0. The maximum Gasteiger partial charge on any atom is 0.283 e. The fourth-order valence-electron chi connectivity index (χ4n) is 4.61. The molecule has 31 heavy (non-hydrogen) atoms. The Morgan fingerprint density at radius 1 is 1.23 bits per heavy atom. The minimum absolute atomic E-state index is 0.112. The van der Waals surface area contributed by atoms with E-state index in [0.717, 1.165) is 52.3 Å². The van der Waals surface area contributed by atoms with Gasteiger partial charge >= 0.3 is 0 Å². The SMILES string of the molecule is CC1(C)Cc2c(sc3nc(C4CCCCC4)n(N=Cc4ccc(F)cc4)c(=O)c23)CO1. The van der Waals surface area contributed by atoms with Gasteiger partial charge in [-0.15, -0.1) is 11.3 Å². The molecule has 1 aliphatic carbocycles. The number of ether oxygens (including phenoxy) is 1. The Hall–Kier alpha value is -2.38. The fourth-order valence-corrected chi connectivity index (χ4v) is 5.71. The summed E-state index contributed by atoms with van der Waals surface area (Å²) in [7, 11) is 0. The average Bonchev–Trinajstić information content (AvgIpc) is 3.11. The van der Waals surface area contributed by atoms with Crippen LogP contribution in [0.2, 0.25) is 0 Å². The van der Waals surface area contributed by atoms with Crippen LogP contribution in [0.25, 0.3) is 10.2 Å². The lowest BCUT2D eigenvalue weighted by atomic mass is 9.88. The fraction of sp³-hybridized carbons (Fsp3) is 0.458. The van der Waals surface area contributed by atoms with Crippen molar-refractivity contribution in [2.24, 2.45) is 5.10 Å². The van der Waals surface area contributed by atoms with Crippen molar-refractivity contribution in [3.8, 4) is 0 Å². The van der Waals surface area contributed by atoms with Crippen LogP contribution in [-0.4, -0.2) is 21.5 Å². The van der Waals surface area contributed by atoms with Gasteiger partial charge in [0.25, 0.3) is 5.56 Å². The molecule has 2 aliphatic rings. The molecular weight excluding hydrogens is 413 g/mol. The molecule has 1 saturated carbocycles. The number of thiophene rings is 1. The average molecular weight is 440 g/mol. The van der Waals surface area contributed by atoms with Gasteiger partial charge in [0, 0.05) is 17.2 Å². The Bertz CT molecular complexity index is 1200. The molecule has 0 amide bonds. The topological polar surface area (TPSA) is 56.5 Å². The van der Waals surface area contributed by atoms with E-state index in [1.165, 1.54) is 23.2 Å². The van der Waals surface area contributed by atoms with Crippen molar-refractivity contribution in [3.63, 3.8) is 0 Å². The van der Waals surface area contributed by atoms with Crippen molar-refractivity contribution in [1.29, 1.82) is 0 Å². The van der Waals surface area contributed by atoms with E-state index in [2.05, 4.69) is 18.9 Å². The lowest BCUT2D eigenvalue weighted by Gasteiger charge is -2.30. The summed E-state index contributed by atoms with van der Waals surface area (Å²) >= 11 is 1.57. The van der Waals surface area contributed by atoms with Crippen molar-refractivity contribution in [3.05, 3.63) is 62.3 Å². The Balaban J connectivity index is 1.67. The molecule has 0 spiro atoms. The summed E-state index contributed by atoms with van der Waals surface area (Å²) in [5.74, 6) is 0.674. The third-order valence-corrected chi connectivity index (χ3v) is 7.37. The lowest BCUT2D eigenvalue weighted by molar-refractivity contribution is -0.0379. The van der Waals surface area contributed by atoms with Gasteiger partial charge in [-0.1, -0.05) is 31.4 Å². The molecule has 2 aromatic heterocycles. The van der Waals surface area contributed by atoms with E-state index in [0.29, 0.717) is 18.4 Å². The molecule has 5 rings (SSSR count). The molecule has 7 heteroatoms. The van der Waals surface area contributed by atoms with Gasteiger partial charge in [0.15, 0.2) is 0 Å². The first-order valence-corrected chi connectivity index (χ1v) is 11.7. The number of rotatable bonds is 3. The first-order chi connectivity index (χ1) is 14.9. The number of nitrogens with zero attached hydrogens (tertiary/aromatic N) is 3. The first kappa shape index (κ1) is 20.5. The van der Waals surface area contributed by atoms with E-state index in [1.54, 1.807) is 29.7 Å². The largest absolute Gasteiger partial charge is 0.370 e. The van der Waals surface area contributed by atoms with Gasteiger partial charge in [-0.2, -0.15) is 9.78 Å². The molecule has 1 fully saturated rings. The monoisotopic (exact) mass is 439 g/mol. The normalized spacial score (nSPS) is 19.2. The number of hydrogen-bond acceptors (Lipinski definition) is 5. The third kappa shape index (κ3) is 3.96. The highest BCUT2D eigenvalue weighted by atomic mass is 32.1. The van der Waals surface area contributed by atoms with E-state index in [9.17, 15) is 9.18 Å². The Morgan fingerprint density at radius 3 is 2.71 bits per heavy atom. The molecule has 0 saturated heterocycles. The minimum atomic E-state index is -0.308. The molecule has 0 unspecified atom stereocenters. The van der Waals surface area contributed by atoms with Crippen LogP contribution in [0, 0.1) is 5.82 Å². The van der Waals surface area contributed by atoms with Gasteiger partial charge in [0.05, 0.1) is 23.8 Å². The second kappa shape index (κ2) is 7.95. The zero-order valence-corrected chi connectivity index (χ0v) is 18.7. The molecule has 1 aliphatic heterocycles. The van der Waals surface area contributed by atoms with Crippen molar-refractivity contribution >= 4 is 27.8 Å². The first-order valence-electron chi connectivity index (χ1n) is 10.9. The number of aromatic nitrogens is 2. The molecule has 0 bridgehead atoms. The van der Waals surface area contributed by atoms with Crippen LogP contribution in [0.4, 0.5) is 4.39 Å². The van der Waals surface area contributed by atoms with Crippen LogP contribution in [0.3, 0.4) is 0 Å². The molecule has 1 aromatic carbocycles. The molecule has 162 valence electrons.